The molecular weight excluding hydrogens is 232 g/mol. The van der Waals surface area contributed by atoms with Gasteiger partial charge in [-0.2, -0.15) is 0 Å². The largest absolute Gasteiger partial charge is 0.389 e. The van der Waals surface area contributed by atoms with Crippen molar-refractivity contribution in [1.82, 2.24) is 9.88 Å². The third-order valence-corrected chi connectivity index (χ3v) is 3.36. The van der Waals surface area contributed by atoms with Crippen molar-refractivity contribution in [2.24, 2.45) is 0 Å². The van der Waals surface area contributed by atoms with Crippen LogP contribution >= 0.6 is 0 Å². The van der Waals surface area contributed by atoms with Crippen LogP contribution in [0.4, 0.5) is 0 Å². The molecule has 1 saturated heterocycles. The van der Waals surface area contributed by atoms with Crippen molar-refractivity contribution < 1.29 is 14.7 Å². The van der Waals surface area contributed by atoms with Gasteiger partial charge in [0, 0.05) is 24.3 Å². The van der Waals surface area contributed by atoms with E-state index in [0.717, 1.165) is 11.3 Å². The Morgan fingerprint density at radius 2 is 2.06 bits per heavy atom. The van der Waals surface area contributed by atoms with Crippen LogP contribution in [0.3, 0.4) is 0 Å². The first-order valence-electron chi connectivity index (χ1n) is 6.15. The summed E-state index contributed by atoms with van der Waals surface area (Å²) in [5, 5.41) is 9.23. The molecule has 0 saturated carbocycles. The fourth-order valence-electron chi connectivity index (χ4n) is 2.47. The highest BCUT2D eigenvalue weighted by Crippen LogP contribution is 2.23. The molecule has 98 valence electrons. The van der Waals surface area contributed by atoms with Gasteiger partial charge in [0.25, 0.3) is 5.91 Å². The average molecular weight is 250 g/mol. The number of rotatable bonds is 3. The van der Waals surface area contributed by atoms with Gasteiger partial charge in [-0.3, -0.25) is 9.59 Å². The maximum atomic E-state index is 12.2. The smallest absolute Gasteiger partial charge is 0.270 e. The first kappa shape index (κ1) is 12.8. The highest BCUT2D eigenvalue weighted by Gasteiger charge is 2.32. The lowest BCUT2D eigenvalue weighted by atomic mass is 10.0. The van der Waals surface area contributed by atoms with Crippen LogP contribution in [-0.4, -0.2) is 45.9 Å². The van der Waals surface area contributed by atoms with Crippen LogP contribution in [0.25, 0.3) is 0 Å². The molecule has 2 rings (SSSR count). The molecule has 1 aliphatic heterocycles. The summed E-state index contributed by atoms with van der Waals surface area (Å²) < 4.78 is 0. The molecule has 0 unspecified atom stereocenters. The summed E-state index contributed by atoms with van der Waals surface area (Å²) in [6.45, 7) is 5.98. The number of aliphatic hydroxyl groups excluding tert-OH is 1. The molecule has 0 aromatic carbocycles. The summed E-state index contributed by atoms with van der Waals surface area (Å²) in [7, 11) is 0. The van der Waals surface area contributed by atoms with E-state index in [9.17, 15) is 14.7 Å². The van der Waals surface area contributed by atoms with Crippen LogP contribution in [0.2, 0.25) is 0 Å². The van der Waals surface area contributed by atoms with E-state index in [4.69, 9.17) is 0 Å². The number of nitrogens with one attached hydrogen (secondary N) is 1. The predicted molar refractivity (Wildman–Crippen MR) is 66.8 cm³/mol. The molecule has 2 heterocycles. The van der Waals surface area contributed by atoms with Crippen LogP contribution in [0, 0.1) is 6.92 Å². The molecule has 2 N–H and O–H groups in total. The molecular formula is C13H18N2O3. The van der Waals surface area contributed by atoms with Crippen LogP contribution in [0.1, 0.15) is 46.0 Å². The molecule has 0 bridgehead atoms. The number of aromatic amines is 1. The third kappa shape index (κ3) is 1.95. The van der Waals surface area contributed by atoms with Gasteiger partial charge in [-0.1, -0.05) is 6.92 Å². The Morgan fingerprint density at radius 3 is 2.50 bits per heavy atom. The molecule has 0 aliphatic carbocycles. The number of β-amino-alcohol motifs (C(OH)–C–C–N with tert-alkyl or cyclic N) is 1. The van der Waals surface area contributed by atoms with Gasteiger partial charge in [-0.25, -0.2) is 0 Å². The van der Waals surface area contributed by atoms with E-state index in [1.807, 2.05) is 6.92 Å². The Morgan fingerprint density at radius 1 is 1.44 bits per heavy atom. The van der Waals surface area contributed by atoms with Gasteiger partial charge in [0.1, 0.15) is 5.69 Å². The second-order valence-corrected chi connectivity index (χ2v) is 4.75. The molecule has 1 aromatic rings. The number of H-pyrrole nitrogens is 1. The molecule has 5 heteroatoms. The Balaban J connectivity index is 2.36. The van der Waals surface area contributed by atoms with E-state index in [1.54, 1.807) is 11.8 Å². The van der Waals surface area contributed by atoms with E-state index in [-0.39, 0.29) is 11.7 Å². The van der Waals surface area contributed by atoms with Crippen molar-refractivity contribution in [3.05, 3.63) is 22.5 Å². The van der Waals surface area contributed by atoms with Gasteiger partial charge in [0.05, 0.1) is 6.10 Å². The van der Waals surface area contributed by atoms with Crippen LogP contribution in [-0.2, 0) is 6.42 Å². The minimum Gasteiger partial charge on any atom is -0.389 e. The third-order valence-electron chi connectivity index (χ3n) is 3.36. The van der Waals surface area contributed by atoms with Gasteiger partial charge >= 0.3 is 0 Å². The van der Waals surface area contributed by atoms with E-state index in [2.05, 4.69) is 4.98 Å². The first-order valence-corrected chi connectivity index (χ1v) is 6.15. The zero-order valence-corrected chi connectivity index (χ0v) is 10.9. The lowest BCUT2D eigenvalue weighted by molar-refractivity contribution is 0.00547. The molecule has 5 nitrogen and oxygen atoms in total. The highest BCUT2D eigenvalue weighted by molar-refractivity contribution is 6.02. The van der Waals surface area contributed by atoms with E-state index in [1.165, 1.54) is 6.92 Å². The van der Waals surface area contributed by atoms with Crippen molar-refractivity contribution in [3.8, 4) is 0 Å². The number of nitrogens with zero attached hydrogens (tertiary/aromatic N) is 1. The fraction of sp³-hybridized carbons (Fsp3) is 0.538. The topological polar surface area (TPSA) is 73.4 Å². The van der Waals surface area contributed by atoms with Crippen molar-refractivity contribution >= 4 is 11.7 Å². The number of carbonyl (C=O) groups is 2. The Bertz CT molecular complexity index is 499. The summed E-state index contributed by atoms with van der Waals surface area (Å²) in [6.07, 6.45) is 0.221. The predicted octanol–water partition coefficient (Wildman–Crippen LogP) is 0.905. The van der Waals surface area contributed by atoms with Gasteiger partial charge in [0.15, 0.2) is 5.78 Å². The second kappa shape index (κ2) is 4.57. The van der Waals surface area contributed by atoms with Crippen molar-refractivity contribution in [2.75, 3.05) is 13.1 Å². The van der Waals surface area contributed by atoms with Crippen molar-refractivity contribution in [1.29, 1.82) is 0 Å². The SMILES string of the molecule is CCc1c(C(=O)N2CC(O)C2)[nH]c(C)c1C(C)=O. The van der Waals surface area contributed by atoms with Crippen LogP contribution in [0.5, 0.6) is 0 Å². The number of likely N-dealkylation sites (tertiary alicyclic amines) is 1. The van der Waals surface area contributed by atoms with Crippen LogP contribution < -0.4 is 0 Å². The van der Waals surface area contributed by atoms with Crippen LogP contribution in [0.15, 0.2) is 0 Å². The molecule has 1 aromatic heterocycles. The monoisotopic (exact) mass is 250 g/mol. The molecule has 18 heavy (non-hydrogen) atoms. The van der Waals surface area contributed by atoms with Gasteiger partial charge in [-0.15, -0.1) is 0 Å². The number of aryl methyl sites for hydroxylation is 1. The number of aromatic nitrogens is 1. The molecule has 0 spiro atoms. The second-order valence-electron chi connectivity index (χ2n) is 4.75. The minimum atomic E-state index is -0.414. The summed E-state index contributed by atoms with van der Waals surface area (Å²) in [4.78, 5) is 28.4. The normalized spacial score (nSPS) is 15.7. The van der Waals surface area contributed by atoms with Gasteiger partial charge < -0.3 is 15.0 Å². The maximum Gasteiger partial charge on any atom is 0.270 e. The molecule has 1 fully saturated rings. The number of amides is 1. The number of Topliss-reactive ketones (excluding diaryl/α,β-unsaturated/α-hetero) is 1. The zero-order valence-electron chi connectivity index (χ0n) is 10.9. The number of hydrogen-bond donors (Lipinski definition) is 2. The summed E-state index contributed by atoms with van der Waals surface area (Å²) in [5.41, 5.74) is 2.64. The molecule has 1 amide bonds. The van der Waals surface area contributed by atoms with E-state index < -0.39 is 6.10 Å². The Kier molecular flexibility index (Phi) is 3.26. The summed E-state index contributed by atoms with van der Waals surface area (Å²) in [5.74, 6) is -0.156. The quantitative estimate of drug-likeness (QED) is 0.783. The highest BCUT2D eigenvalue weighted by atomic mass is 16.3. The number of carbonyl (C=O) groups excluding carboxylic acids is 2. The number of aliphatic hydroxyl groups is 1. The van der Waals surface area contributed by atoms with Crippen molar-refractivity contribution in [3.63, 3.8) is 0 Å². The maximum absolute atomic E-state index is 12.2. The number of hydrogen-bond acceptors (Lipinski definition) is 3. The van der Waals surface area contributed by atoms with E-state index >= 15 is 0 Å². The van der Waals surface area contributed by atoms with E-state index in [0.29, 0.717) is 30.8 Å². The first-order chi connectivity index (χ1) is 8.45. The zero-order chi connectivity index (χ0) is 13.4. The molecule has 0 radical (unpaired) electrons. The minimum absolute atomic E-state index is 0.0247. The fourth-order valence-corrected chi connectivity index (χ4v) is 2.47. The standard InChI is InChI=1S/C13H18N2O3/c1-4-10-11(8(3)16)7(2)14-12(10)13(18)15-5-9(17)6-15/h9,14,17H,4-6H2,1-3H3. The Labute approximate surface area is 106 Å². The molecule has 1 aliphatic rings. The summed E-state index contributed by atoms with van der Waals surface area (Å²) >= 11 is 0. The lowest BCUT2D eigenvalue weighted by Crippen LogP contribution is -2.53. The number of ketones is 1. The lowest BCUT2D eigenvalue weighted by Gasteiger charge is -2.35. The summed E-state index contributed by atoms with van der Waals surface area (Å²) in [6, 6.07) is 0. The average Bonchev–Trinajstić information content (AvgIpc) is 2.60. The van der Waals surface area contributed by atoms with Gasteiger partial charge in [0.2, 0.25) is 0 Å². The van der Waals surface area contributed by atoms with Gasteiger partial charge in [-0.05, 0) is 25.8 Å². The van der Waals surface area contributed by atoms with Crippen molar-refractivity contribution in [2.45, 2.75) is 33.3 Å². The molecule has 0 atom stereocenters. The Hall–Kier alpha value is -1.62.